The maximum absolute atomic E-state index is 12.1. The van der Waals surface area contributed by atoms with E-state index in [1.807, 2.05) is 4.90 Å². The van der Waals surface area contributed by atoms with Crippen molar-refractivity contribution in [2.45, 2.75) is 26.7 Å². The van der Waals surface area contributed by atoms with Gasteiger partial charge in [0.05, 0.1) is 19.1 Å². The van der Waals surface area contributed by atoms with E-state index in [1.54, 1.807) is 13.8 Å². The lowest BCUT2D eigenvalue weighted by Gasteiger charge is -2.30. The van der Waals surface area contributed by atoms with Crippen molar-refractivity contribution < 1.29 is 18.8 Å². The van der Waals surface area contributed by atoms with Crippen LogP contribution in [0.2, 0.25) is 0 Å². The van der Waals surface area contributed by atoms with E-state index in [2.05, 4.69) is 0 Å². The molecule has 1 fully saturated rings. The summed E-state index contributed by atoms with van der Waals surface area (Å²) in [6.45, 7) is 4.99. The zero-order valence-corrected chi connectivity index (χ0v) is 12.3. The number of hydrogen-bond donors (Lipinski definition) is 0. The quantitative estimate of drug-likeness (QED) is 0.759. The third kappa shape index (κ3) is 3.81. The maximum atomic E-state index is 12.1. The summed E-state index contributed by atoms with van der Waals surface area (Å²) in [4.78, 5) is 37.2. The molecule has 2 rings (SSSR count). The molecule has 1 aromatic rings. The zero-order valence-electron chi connectivity index (χ0n) is 12.3. The molecule has 0 aromatic carbocycles. The molecule has 116 valence electrons. The highest BCUT2D eigenvalue weighted by Gasteiger charge is 2.28. The molecule has 0 saturated carbocycles. The standard InChI is InChI=1S/C14H20N2O5/c1-3-20-14(19)11-5-4-6-15(8-11)9-13(18)16-12(17)7-10(2)21-16/h7,11H,3-6,8-9H2,1-2H3/t11-/m1/s1. The van der Waals surface area contributed by atoms with Gasteiger partial charge in [-0.1, -0.05) is 0 Å². The number of hydrogen-bond acceptors (Lipinski definition) is 6. The van der Waals surface area contributed by atoms with Crippen LogP contribution in [0.5, 0.6) is 0 Å². The Hall–Kier alpha value is -1.89. The largest absolute Gasteiger partial charge is 0.466 e. The normalized spacial score (nSPS) is 19.4. The predicted molar refractivity (Wildman–Crippen MR) is 74.1 cm³/mol. The van der Waals surface area contributed by atoms with Gasteiger partial charge < -0.3 is 9.26 Å². The lowest BCUT2D eigenvalue weighted by atomic mass is 9.98. The number of carbonyl (C=O) groups is 2. The molecular formula is C14H20N2O5. The smallest absolute Gasteiger partial charge is 0.310 e. The van der Waals surface area contributed by atoms with Crippen molar-refractivity contribution >= 4 is 11.9 Å². The minimum absolute atomic E-state index is 0.0583. The van der Waals surface area contributed by atoms with E-state index in [0.717, 1.165) is 24.1 Å². The van der Waals surface area contributed by atoms with E-state index in [9.17, 15) is 14.4 Å². The van der Waals surface area contributed by atoms with Gasteiger partial charge in [0.1, 0.15) is 5.76 Å². The van der Waals surface area contributed by atoms with Crippen LogP contribution in [-0.2, 0) is 9.53 Å². The summed E-state index contributed by atoms with van der Waals surface area (Å²) in [6.07, 6.45) is 1.59. The van der Waals surface area contributed by atoms with Crippen molar-refractivity contribution in [3.63, 3.8) is 0 Å². The number of piperidine rings is 1. The van der Waals surface area contributed by atoms with Gasteiger partial charge >= 0.3 is 5.97 Å². The summed E-state index contributed by atoms with van der Waals surface area (Å²) in [7, 11) is 0. The number of ether oxygens (including phenoxy) is 1. The van der Waals surface area contributed by atoms with E-state index < -0.39 is 11.5 Å². The molecule has 0 unspecified atom stereocenters. The van der Waals surface area contributed by atoms with Gasteiger partial charge in [0, 0.05) is 12.6 Å². The zero-order chi connectivity index (χ0) is 15.4. The summed E-state index contributed by atoms with van der Waals surface area (Å²) < 4.78 is 10.9. The Kier molecular flexibility index (Phi) is 4.95. The van der Waals surface area contributed by atoms with Crippen molar-refractivity contribution in [1.82, 2.24) is 9.64 Å². The fourth-order valence-electron chi connectivity index (χ4n) is 2.53. The Labute approximate surface area is 122 Å². The van der Waals surface area contributed by atoms with Crippen molar-refractivity contribution in [2.75, 3.05) is 26.2 Å². The second-order valence-electron chi connectivity index (χ2n) is 5.20. The molecule has 1 aliphatic rings. The number of likely N-dealkylation sites (tertiary alicyclic amines) is 1. The highest BCUT2D eigenvalue weighted by Crippen LogP contribution is 2.17. The topological polar surface area (TPSA) is 81.8 Å². The Morgan fingerprint density at radius 1 is 1.48 bits per heavy atom. The van der Waals surface area contributed by atoms with Gasteiger partial charge in [0.15, 0.2) is 0 Å². The van der Waals surface area contributed by atoms with Crippen LogP contribution in [0.4, 0.5) is 0 Å². The van der Waals surface area contributed by atoms with Crippen LogP contribution in [0.15, 0.2) is 15.4 Å². The lowest BCUT2D eigenvalue weighted by molar-refractivity contribution is -0.149. The SMILES string of the molecule is CCOC(=O)[C@@H]1CCCN(CC(=O)n2oc(C)cc2=O)C1. The average Bonchev–Trinajstić information content (AvgIpc) is 2.78. The van der Waals surface area contributed by atoms with E-state index in [4.69, 9.17) is 9.26 Å². The predicted octanol–water partition coefficient (Wildman–Crippen LogP) is 0.665. The molecule has 1 aromatic heterocycles. The second kappa shape index (κ2) is 6.71. The average molecular weight is 296 g/mol. The molecule has 1 saturated heterocycles. The van der Waals surface area contributed by atoms with Gasteiger partial charge in [-0.3, -0.25) is 19.3 Å². The van der Waals surface area contributed by atoms with E-state index in [-0.39, 0.29) is 18.4 Å². The molecule has 7 heteroatoms. The number of aromatic nitrogens is 1. The first kappa shape index (κ1) is 15.5. The molecule has 7 nitrogen and oxygen atoms in total. The molecule has 0 aliphatic carbocycles. The molecule has 0 amide bonds. The van der Waals surface area contributed by atoms with E-state index in [0.29, 0.717) is 18.9 Å². The summed E-state index contributed by atoms with van der Waals surface area (Å²) in [5.74, 6) is -0.448. The first-order chi connectivity index (χ1) is 10.0. The molecule has 0 N–H and O–H groups in total. The summed E-state index contributed by atoms with van der Waals surface area (Å²) >= 11 is 0. The number of nitrogens with zero attached hydrogens (tertiary/aromatic N) is 2. The first-order valence-electron chi connectivity index (χ1n) is 7.13. The van der Waals surface area contributed by atoms with Crippen molar-refractivity contribution in [3.8, 4) is 0 Å². The number of carbonyl (C=O) groups excluding carboxylic acids is 2. The molecule has 0 radical (unpaired) electrons. The molecule has 21 heavy (non-hydrogen) atoms. The monoisotopic (exact) mass is 296 g/mol. The van der Waals surface area contributed by atoms with Gasteiger partial charge in [0.25, 0.3) is 11.5 Å². The van der Waals surface area contributed by atoms with Gasteiger partial charge in [-0.15, -0.1) is 4.74 Å². The van der Waals surface area contributed by atoms with Crippen LogP contribution in [0.3, 0.4) is 0 Å². The third-order valence-corrected chi connectivity index (χ3v) is 3.47. The minimum atomic E-state index is -0.462. The van der Waals surface area contributed by atoms with Gasteiger partial charge in [0.2, 0.25) is 0 Å². The van der Waals surface area contributed by atoms with Gasteiger partial charge in [-0.05, 0) is 33.2 Å². The molecule has 1 atom stereocenters. The molecular weight excluding hydrogens is 276 g/mol. The molecule has 0 spiro atoms. The van der Waals surface area contributed by atoms with E-state index in [1.165, 1.54) is 6.07 Å². The highest BCUT2D eigenvalue weighted by atomic mass is 16.5. The number of aryl methyl sites for hydroxylation is 1. The van der Waals surface area contributed by atoms with Crippen LogP contribution in [0.25, 0.3) is 0 Å². The Bertz CT molecular complexity index is 574. The van der Waals surface area contributed by atoms with Crippen LogP contribution >= 0.6 is 0 Å². The maximum Gasteiger partial charge on any atom is 0.310 e. The van der Waals surface area contributed by atoms with Crippen LogP contribution < -0.4 is 5.56 Å². The van der Waals surface area contributed by atoms with Gasteiger partial charge in [-0.25, -0.2) is 0 Å². The Morgan fingerprint density at radius 2 is 2.24 bits per heavy atom. The first-order valence-corrected chi connectivity index (χ1v) is 7.13. The number of esters is 1. The van der Waals surface area contributed by atoms with Gasteiger partial charge in [-0.2, -0.15) is 0 Å². The third-order valence-electron chi connectivity index (χ3n) is 3.47. The highest BCUT2D eigenvalue weighted by molar-refractivity contribution is 5.79. The van der Waals surface area contributed by atoms with E-state index >= 15 is 0 Å². The Balaban J connectivity index is 1.96. The fraction of sp³-hybridized carbons (Fsp3) is 0.643. The minimum Gasteiger partial charge on any atom is -0.466 e. The fourth-order valence-corrected chi connectivity index (χ4v) is 2.53. The van der Waals surface area contributed by atoms with Crippen LogP contribution in [0, 0.1) is 12.8 Å². The van der Waals surface area contributed by atoms with Crippen LogP contribution in [-0.4, -0.2) is 47.8 Å². The summed E-state index contributed by atoms with van der Waals surface area (Å²) in [5.41, 5.74) is -0.462. The summed E-state index contributed by atoms with van der Waals surface area (Å²) in [5, 5.41) is 0. The summed E-state index contributed by atoms with van der Waals surface area (Å²) in [6, 6.07) is 1.27. The lowest BCUT2D eigenvalue weighted by Crippen LogP contribution is -2.43. The van der Waals surface area contributed by atoms with Crippen molar-refractivity contribution in [2.24, 2.45) is 5.92 Å². The Morgan fingerprint density at radius 3 is 2.86 bits per heavy atom. The second-order valence-corrected chi connectivity index (χ2v) is 5.20. The van der Waals surface area contributed by atoms with Crippen LogP contribution in [0.1, 0.15) is 30.3 Å². The molecule has 2 heterocycles. The molecule has 0 bridgehead atoms. The van der Waals surface area contributed by atoms with Crippen molar-refractivity contribution in [1.29, 1.82) is 0 Å². The number of rotatable bonds is 4. The van der Waals surface area contributed by atoms with Crippen molar-refractivity contribution in [3.05, 3.63) is 22.2 Å². The molecule has 1 aliphatic heterocycles.